The molecule has 22 heavy (non-hydrogen) atoms. The van der Waals surface area contributed by atoms with Gasteiger partial charge in [0.2, 0.25) is 5.91 Å². The number of amides is 1. The quantitative estimate of drug-likeness (QED) is 0.880. The van der Waals surface area contributed by atoms with Crippen LogP contribution < -0.4 is 5.32 Å². The van der Waals surface area contributed by atoms with E-state index in [-0.39, 0.29) is 11.9 Å². The van der Waals surface area contributed by atoms with E-state index in [1.807, 2.05) is 23.1 Å². The van der Waals surface area contributed by atoms with Gasteiger partial charge in [-0.25, -0.2) is 4.98 Å². The minimum absolute atomic E-state index is 0.0730. The van der Waals surface area contributed by atoms with Crippen LogP contribution in [0.15, 0.2) is 30.2 Å². The molecule has 2 atom stereocenters. The van der Waals surface area contributed by atoms with Crippen molar-refractivity contribution in [3.63, 3.8) is 0 Å². The molecule has 118 valence electrons. The maximum absolute atomic E-state index is 12.3. The zero-order valence-corrected chi connectivity index (χ0v) is 13.5. The van der Waals surface area contributed by atoms with Gasteiger partial charge in [-0.1, -0.05) is 6.07 Å². The monoisotopic (exact) mass is 319 g/mol. The normalized spacial score (nSPS) is 20.1. The number of hydrogen-bond donors (Lipinski definition) is 1. The van der Waals surface area contributed by atoms with E-state index in [1.54, 1.807) is 24.0 Å². The van der Waals surface area contributed by atoms with Gasteiger partial charge in [0, 0.05) is 10.9 Å². The van der Waals surface area contributed by atoms with Gasteiger partial charge >= 0.3 is 0 Å². The number of nitrogens with zero attached hydrogens (tertiary/aromatic N) is 4. The SMILES string of the molecule is C[C@H](NC(=O)CN1CCC[C@@H]1Cn1cncn1)c1cccs1. The first-order valence-corrected chi connectivity index (χ1v) is 8.49. The Morgan fingerprint density at radius 1 is 1.59 bits per heavy atom. The zero-order valence-electron chi connectivity index (χ0n) is 12.7. The molecule has 3 heterocycles. The number of likely N-dealkylation sites (tertiary alicyclic amines) is 1. The van der Waals surface area contributed by atoms with Crippen molar-refractivity contribution in [1.82, 2.24) is 25.0 Å². The van der Waals surface area contributed by atoms with Crippen molar-refractivity contribution in [2.75, 3.05) is 13.1 Å². The third-order valence-electron chi connectivity index (χ3n) is 4.06. The smallest absolute Gasteiger partial charge is 0.234 e. The highest BCUT2D eigenvalue weighted by molar-refractivity contribution is 7.10. The summed E-state index contributed by atoms with van der Waals surface area (Å²) in [5.41, 5.74) is 0. The number of nitrogens with one attached hydrogen (secondary N) is 1. The Kier molecular flexibility index (Phi) is 4.84. The summed E-state index contributed by atoms with van der Waals surface area (Å²) in [5, 5.41) is 9.27. The molecule has 0 radical (unpaired) electrons. The van der Waals surface area contributed by atoms with Crippen molar-refractivity contribution in [3.05, 3.63) is 35.0 Å². The standard InChI is InChI=1S/C15H21N5OS/c1-12(14-5-3-7-22-14)18-15(21)9-19-6-2-4-13(19)8-20-11-16-10-17-20/h3,5,7,10-13H,2,4,6,8-9H2,1H3,(H,18,21)/t12-,13+/m0/s1. The highest BCUT2D eigenvalue weighted by Crippen LogP contribution is 2.20. The van der Waals surface area contributed by atoms with Crippen molar-refractivity contribution in [3.8, 4) is 0 Å². The molecule has 0 spiro atoms. The van der Waals surface area contributed by atoms with Crippen LogP contribution in [0.1, 0.15) is 30.7 Å². The summed E-state index contributed by atoms with van der Waals surface area (Å²) < 4.78 is 1.84. The fourth-order valence-corrected chi connectivity index (χ4v) is 3.67. The summed E-state index contributed by atoms with van der Waals surface area (Å²) in [4.78, 5) is 19.7. The van der Waals surface area contributed by atoms with Crippen LogP contribution in [-0.2, 0) is 11.3 Å². The van der Waals surface area contributed by atoms with E-state index in [1.165, 1.54) is 4.88 Å². The number of carbonyl (C=O) groups is 1. The second-order valence-corrected chi connectivity index (χ2v) is 6.67. The van der Waals surface area contributed by atoms with Crippen LogP contribution in [0.5, 0.6) is 0 Å². The van der Waals surface area contributed by atoms with Crippen LogP contribution in [0.3, 0.4) is 0 Å². The van der Waals surface area contributed by atoms with Gasteiger partial charge in [0.1, 0.15) is 12.7 Å². The Morgan fingerprint density at radius 2 is 2.50 bits per heavy atom. The number of rotatable bonds is 6. The summed E-state index contributed by atoms with van der Waals surface area (Å²) in [5.74, 6) is 0.0893. The molecule has 3 rings (SSSR count). The van der Waals surface area contributed by atoms with E-state index < -0.39 is 0 Å². The number of thiophene rings is 1. The van der Waals surface area contributed by atoms with Crippen LogP contribution >= 0.6 is 11.3 Å². The molecular weight excluding hydrogens is 298 g/mol. The zero-order chi connectivity index (χ0) is 15.4. The lowest BCUT2D eigenvalue weighted by Crippen LogP contribution is -2.42. The van der Waals surface area contributed by atoms with E-state index in [2.05, 4.69) is 26.4 Å². The maximum atomic E-state index is 12.3. The number of aromatic nitrogens is 3. The molecule has 1 saturated heterocycles. The van der Waals surface area contributed by atoms with Crippen molar-refractivity contribution in [2.45, 2.75) is 38.4 Å². The van der Waals surface area contributed by atoms with Crippen LogP contribution in [0.25, 0.3) is 0 Å². The van der Waals surface area contributed by atoms with Crippen LogP contribution in [-0.4, -0.2) is 44.7 Å². The summed E-state index contributed by atoms with van der Waals surface area (Å²) in [7, 11) is 0. The third kappa shape index (κ3) is 3.72. The molecule has 1 aliphatic heterocycles. The second kappa shape index (κ2) is 7.02. The third-order valence-corrected chi connectivity index (χ3v) is 5.11. The van der Waals surface area contributed by atoms with Crippen LogP contribution in [0.4, 0.5) is 0 Å². The summed E-state index contributed by atoms with van der Waals surface area (Å²) >= 11 is 1.67. The molecule has 1 fully saturated rings. The fraction of sp³-hybridized carbons (Fsp3) is 0.533. The topological polar surface area (TPSA) is 63.1 Å². The van der Waals surface area contributed by atoms with Gasteiger partial charge < -0.3 is 5.32 Å². The second-order valence-electron chi connectivity index (χ2n) is 5.69. The number of carbonyl (C=O) groups excluding carboxylic acids is 1. The summed E-state index contributed by atoms with van der Waals surface area (Å²) in [6.45, 7) is 4.25. The minimum atomic E-state index is 0.0730. The van der Waals surface area contributed by atoms with Crippen molar-refractivity contribution in [2.24, 2.45) is 0 Å². The van der Waals surface area contributed by atoms with Gasteiger partial charge in [0.05, 0.1) is 19.1 Å². The first-order chi connectivity index (χ1) is 10.7. The molecule has 1 N–H and O–H groups in total. The lowest BCUT2D eigenvalue weighted by molar-refractivity contribution is -0.123. The molecule has 7 heteroatoms. The maximum Gasteiger partial charge on any atom is 0.234 e. The van der Waals surface area contributed by atoms with Gasteiger partial charge in [-0.15, -0.1) is 11.3 Å². The predicted octanol–water partition coefficient (Wildman–Crippen LogP) is 1.68. The van der Waals surface area contributed by atoms with Gasteiger partial charge in [-0.3, -0.25) is 14.4 Å². The predicted molar refractivity (Wildman–Crippen MR) is 85.5 cm³/mol. The van der Waals surface area contributed by atoms with Crippen molar-refractivity contribution < 1.29 is 4.79 Å². The highest BCUT2D eigenvalue weighted by Gasteiger charge is 2.27. The lowest BCUT2D eigenvalue weighted by atomic mass is 10.2. The van der Waals surface area contributed by atoms with Gasteiger partial charge in [0.15, 0.2) is 0 Å². The fourth-order valence-electron chi connectivity index (χ4n) is 2.93. The number of hydrogen-bond acceptors (Lipinski definition) is 5. The first-order valence-electron chi connectivity index (χ1n) is 7.61. The lowest BCUT2D eigenvalue weighted by Gasteiger charge is -2.24. The molecule has 2 aromatic rings. The van der Waals surface area contributed by atoms with Crippen molar-refractivity contribution in [1.29, 1.82) is 0 Å². The molecule has 2 aromatic heterocycles. The van der Waals surface area contributed by atoms with E-state index in [4.69, 9.17) is 0 Å². The Bertz CT molecular complexity index is 583. The molecule has 0 bridgehead atoms. The van der Waals surface area contributed by atoms with Gasteiger partial charge in [-0.05, 0) is 37.8 Å². The molecule has 0 aromatic carbocycles. The largest absolute Gasteiger partial charge is 0.348 e. The van der Waals surface area contributed by atoms with Crippen LogP contribution in [0.2, 0.25) is 0 Å². The average molecular weight is 319 g/mol. The van der Waals surface area contributed by atoms with Crippen LogP contribution in [0, 0.1) is 0 Å². The molecule has 6 nitrogen and oxygen atoms in total. The Morgan fingerprint density at radius 3 is 3.23 bits per heavy atom. The van der Waals surface area contributed by atoms with Gasteiger partial charge in [0.25, 0.3) is 0 Å². The molecule has 0 unspecified atom stereocenters. The molecule has 0 aliphatic carbocycles. The Labute approximate surface area is 134 Å². The van der Waals surface area contributed by atoms with E-state index >= 15 is 0 Å². The van der Waals surface area contributed by atoms with Crippen molar-refractivity contribution >= 4 is 17.2 Å². The van der Waals surface area contributed by atoms with E-state index in [0.29, 0.717) is 12.6 Å². The van der Waals surface area contributed by atoms with E-state index in [9.17, 15) is 4.79 Å². The average Bonchev–Trinajstić information content (AvgIpc) is 3.22. The van der Waals surface area contributed by atoms with Gasteiger partial charge in [-0.2, -0.15) is 5.10 Å². The summed E-state index contributed by atoms with van der Waals surface area (Å²) in [6.07, 6.45) is 5.52. The molecule has 1 amide bonds. The summed E-state index contributed by atoms with van der Waals surface area (Å²) in [6, 6.07) is 4.50. The molecule has 1 aliphatic rings. The Hall–Kier alpha value is -1.73. The molecular formula is C15H21N5OS. The Balaban J connectivity index is 1.51. The van der Waals surface area contributed by atoms with E-state index in [0.717, 1.165) is 25.9 Å². The first kappa shape index (κ1) is 15.2. The minimum Gasteiger partial charge on any atom is -0.348 e. The molecule has 0 saturated carbocycles. The highest BCUT2D eigenvalue weighted by atomic mass is 32.1.